The zero-order chi connectivity index (χ0) is 52.9. The van der Waals surface area contributed by atoms with Crippen LogP contribution in [0.2, 0.25) is 0 Å². The quantitative estimate of drug-likeness (QED) is 0.0261. The molecule has 73 heavy (non-hydrogen) atoms. The van der Waals surface area contributed by atoms with Gasteiger partial charge in [-0.2, -0.15) is 0 Å². The molecule has 6 heteroatoms. The second-order valence-corrected chi connectivity index (χ2v) is 21.3. The summed E-state index contributed by atoms with van der Waals surface area (Å²) in [7, 11) is 0. The molecule has 0 aliphatic rings. The van der Waals surface area contributed by atoms with Crippen molar-refractivity contribution in [3.05, 3.63) is 60.8 Å². The molecule has 0 heterocycles. The highest BCUT2D eigenvalue weighted by Crippen LogP contribution is 2.17. The van der Waals surface area contributed by atoms with Crippen molar-refractivity contribution in [2.24, 2.45) is 0 Å². The highest BCUT2D eigenvalue weighted by Gasteiger charge is 2.19. The standard InChI is InChI=1S/C67H120O6/c1-4-7-10-13-16-19-22-25-27-29-31-32-33-34-36-37-39-42-45-48-51-54-57-60-66(69)72-63-64(62-71-65(68)59-56-53-50-47-44-41-24-21-18-15-12-9-6-3)73-67(70)61-58-55-52-49-46-43-40-38-35-30-28-26-23-20-17-14-11-8-5-2/h8,11,17,20,26,28-29,31,35,38,64H,4-7,9-10,12-16,18-19,21-25,27,30,32-34,36-37,39-63H2,1-3H3/b11-8-,20-17-,28-26-,31-29-,38-35-. The van der Waals surface area contributed by atoms with Gasteiger partial charge in [0.2, 0.25) is 0 Å². The number of unbranched alkanes of at least 4 members (excludes halogenated alkanes) is 37. The second kappa shape index (κ2) is 61.7. The van der Waals surface area contributed by atoms with Crippen LogP contribution in [0.25, 0.3) is 0 Å². The van der Waals surface area contributed by atoms with Gasteiger partial charge in [0.05, 0.1) is 0 Å². The Hall–Kier alpha value is -2.89. The molecule has 1 unspecified atom stereocenters. The van der Waals surface area contributed by atoms with Gasteiger partial charge in [-0.05, 0) is 83.5 Å². The number of ether oxygens (including phenoxy) is 3. The highest BCUT2D eigenvalue weighted by molar-refractivity contribution is 5.71. The van der Waals surface area contributed by atoms with Crippen LogP contribution in [0.1, 0.15) is 329 Å². The number of esters is 3. The van der Waals surface area contributed by atoms with Crippen LogP contribution in [0.15, 0.2) is 60.8 Å². The number of carbonyl (C=O) groups excluding carboxylic acids is 3. The van der Waals surface area contributed by atoms with E-state index in [1.165, 1.54) is 193 Å². The van der Waals surface area contributed by atoms with Crippen molar-refractivity contribution in [3.8, 4) is 0 Å². The van der Waals surface area contributed by atoms with Gasteiger partial charge in [-0.1, -0.05) is 287 Å². The van der Waals surface area contributed by atoms with Crippen molar-refractivity contribution in [2.45, 2.75) is 335 Å². The molecular weight excluding hydrogens is 901 g/mol. The molecule has 1 atom stereocenters. The van der Waals surface area contributed by atoms with Crippen molar-refractivity contribution in [3.63, 3.8) is 0 Å². The Balaban J connectivity index is 4.31. The maximum atomic E-state index is 12.9. The van der Waals surface area contributed by atoms with Crippen molar-refractivity contribution in [1.29, 1.82) is 0 Å². The lowest BCUT2D eigenvalue weighted by Gasteiger charge is -2.18. The van der Waals surface area contributed by atoms with Gasteiger partial charge < -0.3 is 14.2 Å². The lowest BCUT2D eigenvalue weighted by molar-refractivity contribution is -0.167. The topological polar surface area (TPSA) is 78.9 Å². The monoisotopic (exact) mass is 1020 g/mol. The molecule has 0 spiro atoms. The fraction of sp³-hybridized carbons (Fsp3) is 0.806. The van der Waals surface area contributed by atoms with Gasteiger partial charge in [0, 0.05) is 19.3 Å². The summed E-state index contributed by atoms with van der Waals surface area (Å²) in [5.41, 5.74) is 0. The average molecular weight is 1020 g/mol. The van der Waals surface area contributed by atoms with Crippen molar-refractivity contribution >= 4 is 17.9 Å². The van der Waals surface area contributed by atoms with Crippen LogP contribution in [0.4, 0.5) is 0 Å². The first-order valence-corrected chi connectivity index (χ1v) is 31.8. The van der Waals surface area contributed by atoms with Crippen LogP contribution in [-0.2, 0) is 28.6 Å². The number of rotatable bonds is 58. The molecule has 0 radical (unpaired) electrons. The van der Waals surface area contributed by atoms with E-state index in [1.807, 2.05) is 0 Å². The molecule has 0 saturated carbocycles. The summed E-state index contributed by atoms with van der Waals surface area (Å²) >= 11 is 0. The summed E-state index contributed by atoms with van der Waals surface area (Å²) in [5, 5.41) is 0. The number of carbonyl (C=O) groups is 3. The Labute approximate surface area is 453 Å². The first-order chi connectivity index (χ1) is 36.0. The lowest BCUT2D eigenvalue weighted by Crippen LogP contribution is -2.30. The molecule has 424 valence electrons. The van der Waals surface area contributed by atoms with E-state index < -0.39 is 6.10 Å². The van der Waals surface area contributed by atoms with Crippen molar-refractivity contribution in [2.75, 3.05) is 13.2 Å². The largest absolute Gasteiger partial charge is 0.462 e. The van der Waals surface area contributed by atoms with Crippen molar-refractivity contribution in [1.82, 2.24) is 0 Å². The molecule has 0 saturated heterocycles. The Morgan fingerprint density at radius 2 is 0.534 bits per heavy atom. The van der Waals surface area contributed by atoms with E-state index in [4.69, 9.17) is 14.2 Å². The van der Waals surface area contributed by atoms with Gasteiger partial charge in [-0.3, -0.25) is 14.4 Å². The molecule has 0 aromatic heterocycles. The summed E-state index contributed by atoms with van der Waals surface area (Å²) in [5.74, 6) is -0.874. The minimum absolute atomic E-state index is 0.0770. The van der Waals surface area contributed by atoms with Gasteiger partial charge >= 0.3 is 17.9 Å². The van der Waals surface area contributed by atoms with Crippen LogP contribution < -0.4 is 0 Å². The molecule has 0 aliphatic heterocycles. The van der Waals surface area contributed by atoms with E-state index in [9.17, 15) is 14.4 Å². The predicted octanol–water partition coefficient (Wildman–Crippen LogP) is 21.6. The van der Waals surface area contributed by atoms with Gasteiger partial charge in [0.15, 0.2) is 6.10 Å². The third-order valence-corrected chi connectivity index (χ3v) is 14.0. The Kier molecular flexibility index (Phi) is 59.2. The van der Waals surface area contributed by atoms with Crippen molar-refractivity contribution < 1.29 is 28.6 Å². The zero-order valence-electron chi connectivity index (χ0n) is 48.7. The third kappa shape index (κ3) is 59.9. The van der Waals surface area contributed by atoms with E-state index in [1.54, 1.807) is 0 Å². The van der Waals surface area contributed by atoms with Crippen LogP contribution in [0.5, 0.6) is 0 Å². The summed E-state index contributed by atoms with van der Waals surface area (Å²) in [6.07, 6.45) is 77.9. The lowest BCUT2D eigenvalue weighted by atomic mass is 10.0. The smallest absolute Gasteiger partial charge is 0.306 e. The fourth-order valence-electron chi connectivity index (χ4n) is 9.25. The van der Waals surface area contributed by atoms with Crippen LogP contribution in [0.3, 0.4) is 0 Å². The van der Waals surface area contributed by atoms with E-state index >= 15 is 0 Å². The first kappa shape index (κ1) is 70.1. The predicted molar refractivity (Wildman–Crippen MR) is 316 cm³/mol. The molecule has 0 aromatic rings. The molecule has 0 aliphatic carbocycles. The normalized spacial score (nSPS) is 12.4. The van der Waals surface area contributed by atoms with E-state index in [0.29, 0.717) is 19.3 Å². The fourth-order valence-corrected chi connectivity index (χ4v) is 9.25. The molecular formula is C67H120O6. The molecule has 0 N–H and O–H groups in total. The maximum absolute atomic E-state index is 12.9. The minimum Gasteiger partial charge on any atom is -0.462 e. The SMILES string of the molecule is CC/C=C\C/C=C\C/C=C\C/C=C\CCCCCCCCC(=O)OC(COC(=O)CCCCCCCCCCCCC/C=C\CCCCCCCCCC)COC(=O)CCCCCCCCCCCCCCC. The summed E-state index contributed by atoms with van der Waals surface area (Å²) in [6.45, 7) is 6.56. The summed E-state index contributed by atoms with van der Waals surface area (Å²) in [4.78, 5) is 38.3. The minimum atomic E-state index is -0.781. The van der Waals surface area contributed by atoms with Crippen LogP contribution in [-0.4, -0.2) is 37.2 Å². The summed E-state index contributed by atoms with van der Waals surface area (Å²) in [6, 6.07) is 0. The van der Waals surface area contributed by atoms with E-state index in [-0.39, 0.29) is 31.1 Å². The Morgan fingerprint density at radius 1 is 0.288 bits per heavy atom. The molecule has 6 nitrogen and oxygen atoms in total. The molecule has 0 aromatic carbocycles. The van der Waals surface area contributed by atoms with Crippen LogP contribution in [0, 0.1) is 0 Å². The maximum Gasteiger partial charge on any atom is 0.306 e. The second-order valence-electron chi connectivity index (χ2n) is 21.3. The van der Waals surface area contributed by atoms with Crippen LogP contribution >= 0.6 is 0 Å². The Bertz CT molecular complexity index is 1310. The van der Waals surface area contributed by atoms with Gasteiger partial charge in [0.25, 0.3) is 0 Å². The zero-order valence-corrected chi connectivity index (χ0v) is 48.7. The number of hydrogen-bond donors (Lipinski definition) is 0. The Morgan fingerprint density at radius 3 is 0.849 bits per heavy atom. The average Bonchev–Trinajstić information content (AvgIpc) is 3.39. The summed E-state index contributed by atoms with van der Waals surface area (Å²) < 4.78 is 16.9. The number of allylic oxidation sites excluding steroid dienone is 10. The van der Waals surface area contributed by atoms with Gasteiger partial charge in [-0.15, -0.1) is 0 Å². The molecule has 0 amide bonds. The van der Waals surface area contributed by atoms with E-state index in [0.717, 1.165) is 96.3 Å². The third-order valence-electron chi connectivity index (χ3n) is 14.0. The van der Waals surface area contributed by atoms with Gasteiger partial charge in [-0.25, -0.2) is 0 Å². The molecule has 0 rings (SSSR count). The first-order valence-electron chi connectivity index (χ1n) is 31.8. The molecule has 0 bridgehead atoms. The van der Waals surface area contributed by atoms with Gasteiger partial charge in [0.1, 0.15) is 13.2 Å². The molecule has 0 fully saturated rings. The van der Waals surface area contributed by atoms with E-state index in [2.05, 4.69) is 81.5 Å². The number of hydrogen-bond acceptors (Lipinski definition) is 6. The highest BCUT2D eigenvalue weighted by atomic mass is 16.6.